The van der Waals surface area contributed by atoms with Gasteiger partial charge in [-0.2, -0.15) is 8.78 Å². The molecule has 0 heterocycles. The van der Waals surface area contributed by atoms with Crippen molar-refractivity contribution >= 4 is 18.3 Å². The number of rotatable bonds is 6. The molecule has 1 aromatic carbocycles. The van der Waals surface area contributed by atoms with Crippen LogP contribution in [0, 0.1) is 5.41 Å². The van der Waals surface area contributed by atoms with Gasteiger partial charge in [0.1, 0.15) is 5.75 Å². The van der Waals surface area contributed by atoms with Crippen LogP contribution in [-0.2, 0) is 0 Å². The van der Waals surface area contributed by atoms with Crippen LogP contribution in [0.25, 0.3) is 0 Å². The molecule has 0 aliphatic rings. The average Bonchev–Trinajstić information content (AvgIpc) is 2.37. The summed E-state index contributed by atoms with van der Waals surface area (Å²) in [6, 6.07) is 5.76. The summed E-state index contributed by atoms with van der Waals surface area (Å²) in [5.41, 5.74) is 5.73. The van der Waals surface area contributed by atoms with E-state index < -0.39 is 6.61 Å². The van der Waals surface area contributed by atoms with Crippen molar-refractivity contribution in [2.75, 3.05) is 20.1 Å². The van der Waals surface area contributed by atoms with E-state index in [9.17, 15) is 13.6 Å². The standard InChI is InChI=1S/C14H20F2N2O2.ClH/c1-14(2,8-17)9-18(3)12(19)10-5-4-6-11(7-10)20-13(15)16;/h4-7,13H,8-9,17H2,1-3H3;1H. The highest BCUT2D eigenvalue weighted by atomic mass is 35.5. The van der Waals surface area contributed by atoms with Gasteiger partial charge in [0.25, 0.3) is 5.91 Å². The van der Waals surface area contributed by atoms with Crippen LogP contribution in [0.1, 0.15) is 24.2 Å². The van der Waals surface area contributed by atoms with Gasteiger partial charge in [0.2, 0.25) is 0 Å². The predicted molar refractivity (Wildman–Crippen MR) is 80.1 cm³/mol. The first-order valence-corrected chi connectivity index (χ1v) is 6.25. The molecule has 4 nitrogen and oxygen atoms in total. The van der Waals surface area contributed by atoms with Crippen LogP contribution in [0.2, 0.25) is 0 Å². The van der Waals surface area contributed by atoms with Crippen molar-refractivity contribution in [3.63, 3.8) is 0 Å². The molecule has 0 saturated heterocycles. The molecule has 0 atom stereocenters. The largest absolute Gasteiger partial charge is 0.435 e. The van der Waals surface area contributed by atoms with Gasteiger partial charge in [-0.1, -0.05) is 19.9 Å². The summed E-state index contributed by atoms with van der Waals surface area (Å²) < 4.78 is 28.6. The number of ether oxygens (including phenoxy) is 1. The highest BCUT2D eigenvalue weighted by molar-refractivity contribution is 5.94. The Labute approximate surface area is 129 Å². The summed E-state index contributed by atoms with van der Waals surface area (Å²) in [5, 5.41) is 0. The smallest absolute Gasteiger partial charge is 0.387 e. The molecule has 7 heteroatoms. The number of alkyl halides is 2. The normalized spacial score (nSPS) is 11.0. The van der Waals surface area contributed by atoms with Crippen molar-refractivity contribution in [1.82, 2.24) is 4.90 Å². The van der Waals surface area contributed by atoms with E-state index in [1.807, 2.05) is 13.8 Å². The van der Waals surface area contributed by atoms with E-state index >= 15 is 0 Å². The minimum absolute atomic E-state index is 0. The number of carbonyl (C=O) groups is 1. The first kappa shape index (κ1) is 19.6. The second-order valence-electron chi connectivity index (χ2n) is 5.44. The SMILES string of the molecule is CN(CC(C)(C)CN)C(=O)c1cccc(OC(F)F)c1.Cl. The number of nitrogens with two attached hydrogens (primary N) is 1. The highest BCUT2D eigenvalue weighted by Gasteiger charge is 2.22. The van der Waals surface area contributed by atoms with Crippen molar-refractivity contribution in [3.05, 3.63) is 29.8 Å². The van der Waals surface area contributed by atoms with E-state index in [0.717, 1.165) is 0 Å². The van der Waals surface area contributed by atoms with Gasteiger partial charge < -0.3 is 15.4 Å². The van der Waals surface area contributed by atoms with Crippen LogP contribution in [0.4, 0.5) is 8.78 Å². The third kappa shape index (κ3) is 6.27. The van der Waals surface area contributed by atoms with Gasteiger partial charge in [-0.15, -0.1) is 12.4 Å². The van der Waals surface area contributed by atoms with Crippen LogP contribution >= 0.6 is 12.4 Å². The van der Waals surface area contributed by atoms with Crippen LogP contribution < -0.4 is 10.5 Å². The summed E-state index contributed by atoms with van der Waals surface area (Å²) in [6.45, 7) is 1.91. The average molecular weight is 323 g/mol. The second kappa shape index (κ2) is 8.14. The summed E-state index contributed by atoms with van der Waals surface area (Å²) in [4.78, 5) is 13.7. The maximum Gasteiger partial charge on any atom is 0.387 e. The molecule has 0 saturated carbocycles. The van der Waals surface area contributed by atoms with Crippen molar-refractivity contribution in [1.29, 1.82) is 0 Å². The summed E-state index contributed by atoms with van der Waals surface area (Å²) >= 11 is 0. The molecular formula is C14H21ClF2N2O2. The fourth-order valence-electron chi connectivity index (χ4n) is 1.80. The molecule has 1 aromatic rings. The number of carbonyl (C=O) groups excluding carboxylic acids is 1. The monoisotopic (exact) mass is 322 g/mol. The lowest BCUT2D eigenvalue weighted by molar-refractivity contribution is -0.0499. The summed E-state index contributed by atoms with van der Waals surface area (Å²) in [7, 11) is 1.65. The van der Waals surface area contributed by atoms with E-state index in [0.29, 0.717) is 18.7 Å². The first-order valence-electron chi connectivity index (χ1n) is 6.25. The molecule has 0 aliphatic carbocycles. The fraction of sp³-hybridized carbons (Fsp3) is 0.500. The Morgan fingerprint density at radius 1 is 1.43 bits per heavy atom. The number of amides is 1. The van der Waals surface area contributed by atoms with Gasteiger partial charge in [0.05, 0.1) is 0 Å². The van der Waals surface area contributed by atoms with E-state index in [1.165, 1.54) is 23.1 Å². The van der Waals surface area contributed by atoms with Crippen LogP contribution in [0.3, 0.4) is 0 Å². The Bertz CT molecular complexity index is 470. The number of hydrogen-bond donors (Lipinski definition) is 1. The summed E-state index contributed by atoms with van der Waals surface area (Å²) in [5.74, 6) is -0.288. The Kier molecular flexibility index (Phi) is 7.60. The van der Waals surface area contributed by atoms with Crippen LogP contribution in [0.5, 0.6) is 5.75 Å². The Morgan fingerprint density at radius 3 is 2.57 bits per heavy atom. The first-order chi connectivity index (χ1) is 9.25. The van der Waals surface area contributed by atoms with Crippen LogP contribution in [-0.4, -0.2) is 37.6 Å². The van der Waals surface area contributed by atoms with Crippen molar-refractivity contribution in [3.8, 4) is 5.75 Å². The maximum atomic E-state index is 12.2. The molecule has 0 fully saturated rings. The molecular weight excluding hydrogens is 302 g/mol. The topological polar surface area (TPSA) is 55.6 Å². The van der Waals surface area contributed by atoms with Gasteiger partial charge in [-0.3, -0.25) is 4.79 Å². The van der Waals surface area contributed by atoms with Crippen LogP contribution in [0.15, 0.2) is 24.3 Å². The third-order valence-electron chi connectivity index (χ3n) is 2.87. The molecule has 2 N–H and O–H groups in total. The number of halogens is 3. The van der Waals surface area contributed by atoms with Gasteiger partial charge >= 0.3 is 6.61 Å². The lowest BCUT2D eigenvalue weighted by Crippen LogP contribution is -2.39. The predicted octanol–water partition coefficient (Wildman–Crippen LogP) is 2.77. The molecule has 0 aliphatic heterocycles. The molecule has 1 rings (SSSR count). The maximum absolute atomic E-state index is 12.2. The van der Waals surface area contributed by atoms with Crippen molar-refractivity contribution in [2.24, 2.45) is 11.1 Å². The zero-order valence-corrected chi connectivity index (χ0v) is 13.1. The molecule has 0 unspecified atom stereocenters. The molecule has 0 radical (unpaired) electrons. The molecule has 120 valence electrons. The van der Waals surface area contributed by atoms with E-state index in [4.69, 9.17) is 5.73 Å². The zero-order chi connectivity index (χ0) is 15.3. The number of nitrogens with zero attached hydrogens (tertiary/aromatic N) is 1. The Hall–Kier alpha value is -1.40. The van der Waals surface area contributed by atoms with E-state index in [1.54, 1.807) is 13.1 Å². The van der Waals surface area contributed by atoms with Gasteiger partial charge in [0.15, 0.2) is 0 Å². The lowest BCUT2D eigenvalue weighted by atomic mass is 9.93. The van der Waals surface area contributed by atoms with E-state index in [-0.39, 0.29) is 29.5 Å². The van der Waals surface area contributed by atoms with Gasteiger partial charge in [0, 0.05) is 19.2 Å². The minimum atomic E-state index is -2.91. The summed E-state index contributed by atoms with van der Waals surface area (Å²) in [6.07, 6.45) is 0. The molecule has 0 bridgehead atoms. The van der Waals surface area contributed by atoms with Gasteiger partial charge in [-0.25, -0.2) is 0 Å². The highest BCUT2D eigenvalue weighted by Crippen LogP contribution is 2.19. The minimum Gasteiger partial charge on any atom is -0.435 e. The fourth-order valence-corrected chi connectivity index (χ4v) is 1.80. The van der Waals surface area contributed by atoms with Crippen molar-refractivity contribution < 1.29 is 18.3 Å². The Balaban J connectivity index is 0.00000400. The molecule has 21 heavy (non-hydrogen) atoms. The molecule has 0 aromatic heterocycles. The quantitative estimate of drug-likeness (QED) is 0.876. The van der Waals surface area contributed by atoms with E-state index in [2.05, 4.69) is 4.74 Å². The number of hydrogen-bond acceptors (Lipinski definition) is 3. The van der Waals surface area contributed by atoms with Gasteiger partial charge in [-0.05, 0) is 30.2 Å². The second-order valence-corrected chi connectivity index (χ2v) is 5.44. The van der Waals surface area contributed by atoms with Crippen molar-refractivity contribution in [2.45, 2.75) is 20.5 Å². The zero-order valence-electron chi connectivity index (χ0n) is 12.3. The lowest BCUT2D eigenvalue weighted by Gasteiger charge is -2.29. The third-order valence-corrected chi connectivity index (χ3v) is 2.87. The Morgan fingerprint density at radius 2 is 2.05 bits per heavy atom. The number of benzene rings is 1. The molecule has 0 spiro atoms. The molecule has 1 amide bonds.